The van der Waals surface area contributed by atoms with E-state index in [2.05, 4.69) is 65.4 Å². The molecule has 1 aliphatic rings. The van der Waals surface area contributed by atoms with Crippen LogP contribution in [0.1, 0.15) is 36.7 Å². The smallest absolute Gasteiger partial charge is 0.0606 e. The van der Waals surface area contributed by atoms with Crippen molar-refractivity contribution >= 4 is 11.8 Å². The number of aromatic nitrogens is 1. The number of rotatable bonds is 6. The molecule has 0 saturated heterocycles. The van der Waals surface area contributed by atoms with Gasteiger partial charge in [-0.1, -0.05) is 38.1 Å². The van der Waals surface area contributed by atoms with Crippen molar-refractivity contribution in [3.8, 4) is 0 Å². The Bertz CT molecular complexity index is 593. The molecule has 0 amide bonds. The van der Waals surface area contributed by atoms with Crippen LogP contribution in [0.25, 0.3) is 0 Å². The quantitative estimate of drug-likeness (QED) is 0.875. The number of pyridine rings is 1. The fourth-order valence-corrected chi connectivity index (χ4v) is 4.19. The Hall–Kier alpha value is -1.36. The third kappa shape index (κ3) is 3.77. The summed E-state index contributed by atoms with van der Waals surface area (Å²) in [6.07, 6.45) is 1.91. The van der Waals surface area contributed by atoms with Gasteiger partial charge in [0.05, 0.1) is 11.7 Å². The van der Waals surface area contributed by atoms with Gasteiger partial charge in [-0.3, -0.25) is 4.98 Å². The molecule has 1 N–H and O–H groups in total. The highest BCUT2D eigenvalue weighted by molar-refractivity contribution is 7.98. The Morgan fingerprint density at radius 3 is 2.74 bits per heavy atom. The second-order valence-electron chi connectivity index (χ2n) is 5.78. The van der Waals surface area contributed by atoms with E-state index in [0.29, 0.717) is 0 Å². The lowest BCUT2D eigenvalue weighted by Crippen LogP contribution is -2.34. The van der Waals surface area contributed by atoms with Gasteiger partial charge in [-0.15, -0.1) is 11.8 Å². The van der Waals surface area contributed by atoms with Crippen LogP contribution in [0.3, 0.4) is 0 Å². The van der Waals surface area contributed by atoms with Gasteiger partial charge in [-0.2, -0.15) is 0 Å². The normalized spacial score (nSPS) is 16.7. The lowest BCUT2D eigenvalue weighted by Gasteiger charge is -2.24. The van der Waals surface area contributed by atoms with Gasteiger partial charge in [-0.05, 0) is 36.3 Å². The molecule has 1 aliphatic heterocycles. The van der Waals surface area contributed by atoms with Gasteiger partial charge in [-0.25, -0.2) is 0 Å². The van der Waals surface area contributed by atoms with Crippen molar-refractivity contribution in [2.24, 2.45) is 0 Å². The molecule has 1 atom stereocenters. The highest BCUT2D eigenvalue weighted by atomic mass is 32.2. The summed E-state index contributed by atoms with van der Waals surface area (Å²) in [6, 6.07) is 13.3. The Labute approximate surface area is 143 Å². The number of benzene rings is 1. The molecule has 0 spiro atoms. The second kappa shape index (κ2) is 7.95. The summed E-state index contributed by atoms with van der Waals surface area (Å²) < 4.78 is 0. The first-order chi connectivity index (χ1) is 11.3. The third-order valence-electron chi connectivity index (χ3n) is 4.50. The molecule has 1 aromatic carbocycles. The molecule has 1 unspecified atom stereocenters. The maximum Gasteiger partial charge on any atom is 0.0606 e. The topological polar surface area (TPSA) is 28.2 Å². The number of thioether (sulfide) groups is 1. The molecular weight excluding hydrogens is 302 g/mol. The van der Waals surface area contributed by atoms with E-state index in [-0.39, 0.29) is 6.04 Å². The van der Waals surface area contributed by atoms with Crippen molar-refractivity contribution < 1.29 is 0 Å². The standard InChI is InChI=1S/C19H25N3S/c1-3-22(4-2)13-12-21-19-15-9-7-11-20-17(15)14-23-18-10-6-5-8-16(18)19/h5-11,19,21H,3-4,12-14H2,1-2H3. The lowest BCUT2D eigenvalue weighted by molar-refractivity contribution is 0.299. The Morgan fingerprint density at radius 1 is 1.13 bits per heavy atom. The number of hydrogen-bond donors (Lipinski definition) is 1. The zero-order chi connectivity index (χ0) is 16.1. The van der Waals surface area contributed by atoms with Crippen LogP contribution in [0.2, 0.25) is 0 Å². The summed E-state index contributed by atoms with van der Waals surface area (Å²) in [5, 5.41) is 3.78. The van der Waals surface area contributed by atoms with Gasteiger partial charge in [0.25, 0.3) is 0 Å². The van der Waals surface area contributed by atoms with Crippen LogP contribution < -0.4 is 5.32 Å². The average Bonchev–Trinajstić information content (AvgIpc) is 2.76. The summed E-state index contributed by atoms with van der Waals surface area (Å²) in [5.74, 6) is 0.946. The average molecular weight is 327 g/mol. The van der Waals surface area contributed by atoms with Crippen molar-refractivity contribution in [3.05, 3.63) is 59.4 Å². The summed E-state index contributed by atoms with van der Waals surface area (Å²) in [7, 11) is 0. The van der Waals surface area contributed by atoms with E-state index in [1.54, 1.807) is 0 Å². The van der Waals surface area contributed by atoms with Gasteiger partial charge in [0.1, 0.15) is 0 Å². The van der Waals surface area contributed by atoms with Crippen LogP contribution >= 0.6 is 11.8 Å². The number of likely N-dealkylation sites (N-methyl/N-ethyl adjacent to an activating group) is 1. The van der Waals surface area contributed by atoms with Gasteiger partial charge >= 0.3 is 0 Å². The van der Waals surface area contributed by atoms with Crippen LogP contribution in [0.4, 0.5) is 0 Å². The van der Waals surface area contributed by atoms with E-state index < -0.39 is 0 Å². The first-order valence-electron chi connectivity index (χ1n) is 8.44. The fourth-order valence-electron chi connectivity index (χ4n) is 3.12. The molecule has 4 heteroatoms. The highest BCUT2D eigenvalue weighted by Gasteiger charge is 2.23. The number of nitrogens with one attached hydrogen (secondary N) is 1. The molecule has 122 valence electrons. The summed E-state index contributed by atoms with van der Waals surface area (Å²) in [4.78, 5) is 8.44. The number of hydrogen-bond acceptors (Lipinski definition) is 4. The first kappa shape index (κ1) is 16.5. The van der Waals surface area contributed by atoms with E-state index in [1.165, 1.54) is 21.7 Å². The molecule has 2 aromatic rings. The van der Waals surface area contributed by atoms with Crippen molar-refractivity contribution in [3.63, 3.8) is 0 Å². The molecule has 1 aromatic heterocycles. The van der Waals surface area contributed by atoms with E-state index >= 15 is 0 Å². The van der Waals surface area contributed by atoms with Crippen molar-refractivity contribution in [1.29, 1.82) is 0 Å². The predicted molar refractivity (Wildman–Crippen MR) is 97.9 cm³/mol. The molecule has 2 heterocycles. The zero-order valence-electron chi connectivity index (χ0n) is 14.0. The Balaban J connectivity index is 1.85. The molecule has 0 aliphatic carbocycles. The third-order valence-corrected chi connectivity index (χ3v) is 5.60. The molecular formula is C19H25N3S. The van der Waals surface area contributed by atoms with Crippen LogP contribution in [0, 0.1) is 0 Å². The molecule has 23 heavy (non-hydrogen) atoms. The van der Waals surface area contributed by atoms with Gasteiger partial charge in [0.15, 0.2) is 0 Å². The van der Waals surface area contributed by atoms with E-state index in [1.807, 2.05) is 18.0 Å². The lowest BCUT2D eigenvalue weighted by atomic mass is 9.97. The molecule has 0 saturated carbocycles. The monoisotopic (exact) mass is 327 g/mol. The molecule has 0 fully saturated rings. The number of nitrogens with zero attached hydrogens (tertiary/aromatic N) is 2. The molecule has 3 rings (SSSR count). The summed E-state index contributed by atoms with van der Waals surface area (Å²) >= 11 is 1.89. The first-order valence-corrected chi connectivity index (χ1v) is 9.43. The summed E-state index contributed by atoms with van der Waals surface area (Å²) in [6.45, 7) is 8.72. The largest absolute Gasteiger partial charge is 0.305 e. The number of fused-ring (bicyclic) bond motifs is 2. The van der Waals surface area contributed by atoms with Crippen molar-refractivity contribution in [2.45, 2.75) is 30.5 Å². The maximum atomic E-state index is 4.62. The zero-order valence-corrected chi connectivity index (χ0v) is 14.8. The minimum Gasteiger partial charge on any atom is -0.305 e. The Kier molecular flexibility index (Phi) is 5.70. The van der Waals surface area contributed by atoms with Gasteiger partial charge in [0.2, 0.25) is 0 Å². The second-order valence-corrected chi connectivity index (χ2v) is 6.80. The van der Waals surface area contributed by atoms with Gasteiger partial charge in [0, 0.05) is 29.9 Å². The molecule has 0 radical (unpaired) electrons. The van der Waals surface area contributed by atoms with Crippen molar-refractivity contribution in [1.82, 2.24) is 15.2 Å². The minimum absolute atomic E-state index is 0.237. The predicted octanol–water partition coefficient (Wildman–Crippen LogP) is 3.71. The Morgan fingerprint density at radius 2 is 1.91 bits per heavy atom. The van der Waals surface area contributed by atoms with Crippen LogP contribution in [0.5, 0.6) is 0 Å². The van der Waals surface area contributed by atoms with Gasteiger partial charge < -0.3 is 10.2 Å². The fraction of sp³-hybridized carbons (Fsp3) is 0.421. The molecule has 3 nitrogen and oxygen atoms in total. The van der Waals surface area contributed by atoms with Crippen LogP contribution in [-0.4, -0.2) is 36.1 Å². The minimum atomic E-state index is 0.237. The van der Waals surface area contributed by atoms with Crippen LogP contribution in [0.15, 0.2) is 47.5 Å². The van der Waals surface area contributed by atoms with E-state index in [0.717, 1.165) is 31.9 Å². The van der Waals surface area contributed by atoms with Crippen LogP contribution in [-0.2, 0) is 5.75 Å². The van der Waals surface area contributed by atoms with Crippen molar-refractivity contribution in [2.75, 3.05) is 26.2 Å². The van der Waals surface area contributed by atoms with E-state index in [4.69, 9.17) is 0 Å². The maximum absolute atomic E-state index is 4.62. The molecule has 0 bridgehead atoms. The SMILES string of the molecule is CCN(CC)CCNC1c2ccccc2SCc2ncccc21. The highest BCUT2D eigenvalue weighted by Crippen LogP contribution is 2.38. The summed E-state index contributed by atoms with van der Waals surface area (Å²) in [5.41, 5.74) is 3.90. The van der Waals surface area contributed by atoms with E-state index in [9.17, 15) is 0 Å².